The van der Waals surface area contributed by atoms with Gasteiger partial charge in [-0.2, -0.15) is 8.78 Å². The second-order valence-corrected chi connectivity index (χ2v) is 8.10. The summed E-state index contributed by atoms with van der Waals surface area (Å²) in [7, 11) is -0.509. The van der Waals surface area contributed by atoms with E-state index in [9.17, 15) is 17.2 Å². The first kappa shape index (κ1) is 20.3. The Labute approximate surface area is 152 Å². The maximum Gasteiger partial charge on any atom is 0.387 e. The summed E-state index contributed by atoms with van der Waals surface area (Å²) in [5.41, 5.74) is 1.50. The molecule has 0 aliphatic carbocycles. The Morgan fingerprint density at radius 1 is 1.08 bits per heavy atom. The van der Waals surface area contributed by atoms with E-state index in [1.807, 2.05) is 6.92 Å². The zero-order valence-electron chi connectivity index (χ0n) is 14.8. The molecule has 8 heteroatoms. The third-order valence-electron chi connectivity index (χ3n) is 3.95. The van der Waals surface area contributed by atoms with Gasteiger partial charge in [-0.1, -0.05) is 30.3 Å². The molecule has 0 saturated heterocycles. The maximum absolute atomic E-state index is 12.5. The van der Waals surface area contributed by atoms with Gasteiger partial charge in [0.1, 0.15) is 5.75 Å². The highest BCUT2D eigenvalue weighted by molar-refractivity contribution is 7.89. The van der Waals surface area contributed by atoms with Crippen LogP contribution in [0.1, 0.15) is 24.1 Å². The number of nitrogens with one attached hydrogen (secondary N) is 1. The van der Waals surface area contributed by atoms with E-state index in [4.69, 9.17) is 0 Å². The first-order valence-electron chi connectivity index (χ1n) is 8.00. The normalized spacial score (nSPS) is 13.2. The molecule has 1 N–H and O–H groups in total. The molecule has 0 radical (unpaired) electrons. The zero-order valence-corrected chi connectivity index (χ0v) is 15.6. The van der Waals surface area contributed by atoms with Crippen LogP contribution >= 0.6 is 0 Å². The Morgan fingerprint density at radius 2 is 1.69 bits per heavy atom. The Hall–Kier alpha value is -2.03. The van der Waals surface area contributed by atoms with Gasteiger partial charge in [0.15, 0.2) is 0 Å². The molecule has 0 aliphatic heterocycles. The Morgan fingerprint density at radius 3 is 2.27 bits per heavy atom. The first-order valence-corrected chi connectivity index (χ1v) is 9.44. The van der Waals surface area contributed by atoms with Gasteiger partial charge >= 0.3 is 6.61 Å². The molecule has 2 aromatic rings. The SMILES string of the molecule is CC(NCc1ccccc1OC(F)F)c1ccc(S(=O)(=O)N(C)C)cc1. The average Bonchev–Trinajstić information content (AvgIpc) is 2.60. The van der Waals surface area contributed by atoms with Crippen molar-refractivity contribution in [3.8, 4) is 5.75 Å². The lowest BCUT2D eigenvalue weighted by Gasteiger charge is -2.17. The second kappa shape index (κ2) is 8.57. The lowest BCUT2D eigenvalue weighted by molar-refractivity contribution is -0.0505. The number of hydrogen-bond donors (Lipinski definition) is 1. The van der Waals surface area contributed by atoms with E-state index in [1.54, 1.807) is 42.5 Å². The molecule has 1 atom stereocenters. The zero-order chi connectivity index (χ0) is 19.3. The molecule has 0 amide bonds. The summed E-state index contributed by atoms with van der Waals surface area (Å²) in [6.45, 7) is -0.631. The standard InChI is InChI=1S/C18H22F2N2O3S/c1-13(14-8-10-16(11-9-14)26(23,24)22(2)3)21-12-15-6-4-5-7-17(15)25-18(19)20/h4-11,13,18,21H,12H2,1-3H3. The van der Waals surface area contributed by atoms with Gasteiger partial charge < -0.3 is 10.1 Å². The summed E-state index contributed by atoms with van der Waals surface area (Å²) in [5, 5.41) is 3.23. The van der Waals surface area contributed by atoms with Gasteiger partial charge in [0.05, 0.1) is 4.90 Å². The number of para-hydroxylation sites is 1. The number of halogens is 2. The van der Waals surface area contributed by atoms with Gasteiger partial charge in [0.25, 0.3) is 0 Å². The molecule has 0 aliphatic rings. The molecule has 142 valence electrons. The highest BCUT2D eigenvalue weighted by atomic mass is 32.2. The predicted molar refractivity (Wildman–Crippen MR) is 95.6 cm³/mol. The van der Waals surface area contributed by atoms with Crippen LogP contribution in [0.3, 0.4) is 0 Å². The van der Waals surface area contributed by atoms with Crippen LogP contribution in [0.5, 0.6) is 5.75 Å². The second-order valence-electron chi connectivity index (χ2n) is 5.95. The number of sulfonamides is 1. The van der Waals surface area contributed by atoms with Crippen LogP contribution in [0.2, 0.25) is 0 Å². The van der Waals surface area contributed by atoms with Crippen molar-refractivity contribution >= 4 is 10.0 Å². The van der Waals surface area contributed by atoms with Crippen LogP contribution in [0, 0.1) is 0 Å². The smallest absolute Gasteiger partial charge is 0.387 e. The number of benzene rings is 2. The van der Waals surface area contributed by atoms with E-state index in [0.29, 0.717) is 12.1 Å². The van der Waals surface area contributed by atoms with Gasteiger partial charge in [-0.3, -0.25) is 0 Å². The number of alkyl halides is 2. The molecule has 0 saturated carbocycles. The topological polar surface area (TPSA) is 58.6 Å². The van der Waals surface area contributed by atoms with Crippen LogP contribution < -0.4 is 10.1 Å². The van der Waals surface area contributed by atoms with Crippen molar-refractivity contribution in [2.45, 2.75) is 31.0 Å². The molecule has 0 fully saturated rings. The van der Waals surface area contributed by atoms with E-state index < -0.39 is 16.6 Å². The minimum atomic E-state index is -3.47. The summed E-state index contributed by atoms with van der Waals surface area (Å²) >= 11 is 0. The van der Waals surface area contributed by atoms with Gasteiger partial charge in [-0.25, -0.2) is 12.7 Å². The lowest BCUT2D eigenvalue weighted by Crippen LogP contribution is -2.22. The third kappa shape index (κ3) is 5.00. The minimum absolute atomic E-state index is 0.106. The molecule has 26 heavy (non-hydrogen) atoms. The van der Waals surface area contributed by atoms with Crippen LogP contribution in [0.15, 0.2) is 53.4 Å². The Balaban J connectivity index is 2.06. The maximum atomic E-state index is 12.5. The first-order chi connectivity index (χ1) is 12.2. The summed E-state index contributed by atoms with van der Waals surface area (Å²) in [6.07, 6.45) is 0. The Bertz CT molecular complexity index is 825. The molecule has 1 unspecified atom stereocenters. The average molecular weight is 384 g/mol. The summed E-state index contributed by atoms with van der Waals surface area (Å²) in [5.74, 6) is 0.134. The Kier molecular flexibility index (Phi) is 6.69. The summed E-state index contributed by atoms with van der Waals surface area (Å²) in [4.78, 5) is 0.217. The monoisotopic (exact) mass is 384 g/mol. The minimum Gasteiger partial charge on any atom is -0.434 e. The summed E-state index contributed by atoms with van der Waals surface area (Å²) in [6, 6.07) is 13.1. The summed E-state index contributed by atoms with van der Waals surface area (Å²) < 4.78 is 54.8. The van der Waals surface area contributed by atoms with Crippen molar-refractivity contribution in [3.63, 3.8) is 0 Å². The highest BCUT2D eigenvalue weighted by Crippen LogP contribution is 2.22. The number of nitrogens with zero attached hydrogens (tertiary/aromatic N) is 1. The van der Waals surface area contributed by atoms with Gasteiger partial charge in [0.2, 0.25) is 10.0 Å². The van der Waals surface area contributed by atoms with Gasteiger partial charge in [0, 0.05) is 32.2 Å². The quantitative estimate of drug-likeness (QED) is 0.758. The third-order valence-corrected chi connectivity index (χ3v) is 5.78. The predicted octanol–water partition coefficient (Wildman–Crippen LogP) is 3.39. The molecule has 0 bridgehead atoms. The van der Waals surface area contributed by atoms with E-state index in [-0.39, 0.29) is 16.7 Å². The fourth-order valence-electron chi connectivity index (χ4n) is 2.38. The lowest BCUT2D eigenvalue weighted by atomic mass is 10.1. The molecule has 2 rings (SSSR count). The van der Waals surface area contributed by atoms with Crippen molar-refractivity contribution < 1.29 is 21.9 Å². The molecular weight excluding hydrogens is 362 g/mol. The largest absolute Gasteiger partial charge is 0.434 e. The van der Waals surface area contributed by atoms with E-state index in [0.717, 1.165) is 9.87 Å². The van der Waals surface area contributed by atoms with Crippen molar-refractivity contribution in [2.24, 2.45) is 0 Å². The number of rotatable bonds is 8. The fourth-order valence-corrected chi connectivity index (χ4v) is 3.28. The number of hydrogen-bond acceptors (Lipinski definition) is 4. The van der Waals surface area contributed by atoms with Crippen molar-refractivity contribution in [1.29, 1.82) is 0 Å². The van der Waals surface area contributed by atoms with Gasteiger partial charge in [-0.15, -0.1) is 0 Å². The molecule has 2 aromatic carbocycles. The molecule has 5 nitrogen and oxygen atoms in total. The molecular formula is C18H22F2N2O3S. The molecule has 0 heterocycles. The molecule has 0 spiro atoms. The van der Waals surface area contributed by atoms with E-state index >= 15 is 0 Å². The number of ether oxygens (including phenoxy) is 1. The van der Waals surface area contributed by atoms with E-state index in [1.165, 1.54) is 20.2 Å². The molecule has 0 aromatic heterocycles. The highest BCUT2D eigenvalue weighted by Gasteiger charge is 2.17. The van der Waals surface area contributed by atoms with Crippen molar-refractivity contribution in [1.82, 2.24) is 9.62 Å². The van der Waals surface area contributed by atoms with Crippen LogP contribution in [0.25, 0.3) is 0 Å². The van der Waals surface area contributed by atoms with Crippen LogP contribution in [0.4, 0.5) is 8.78 Å². The van der Waals surface area contributed by atoms with Crippen LogP contribution in [-0.2, 0) is 16.6 Å². The van der Waals surface area contributed by atoms with Crippen LogP contribution in [-0.4, -0.2) is 33.4 Å². The van der Waals surface area contributed by atoms with Gasteiger partial charge in [-0.05, 0) is 30.7 Å². The van der Waals surface area contributed by atoms with E-state index in [2.05, 4.69) is 10.1 Å². The fraction of sp³-hybridized carbons (Fsp3) is 0.333. The van der Waals surface area contributed by atoms with Crippen molar-refractivity contribution in [3.05, 3.63) is 59.7 Å². The van der Waals surface area contributed by atoms with Crippen molar-refractivity contribution in [2.75, 3.05) is 14.1 Å².